The fraction of sp³-hybridized carbons (Fsp3) is 0.632. The minimum atomic E-state index is -4.34. The first-order chi connectivity index (χ1) is 12.8. The van der Waals surface area contributed by atoms with Crippen molar-refractivity contribution in [1.82, 2.24) is 10.2 Å². The molecular formula is C19H29F3N4O. The van der Waals surface area contributed by atoms with Gasteiger partial charge in [0.2, 0.25) is 0 Å². The smallest absolute Gasteiger partial charge is 0.379 e. The average molecular weight is 386 g/mol. The van der Waals surface area contributed by atoms with E-state index in [-0.39, 0.29) is 6.04 Å². The first kappa shape index (κ1) is 21.5. The zero-order valence-corrected chi connectivity index (χ0v) is 15.9. The van der Waals surface area contributed by atoms with E-state index in [2.05, 4.69) is 29.1 Å². The number of guanidine groups is 1. The number of rotatable bonds is 7. The third kappa shape index (κ3) is 7.03. The second kappa shape index (κ2) is 9.94. The molecule has 1 unspecified atom stereocenters. The van der Waals surface area contributed by atoms with Crippen LogP contribution in [0.4, 0.5) is 13.2 Å². The molecule has 8 heteroatoms. The summed E-state index contributed by atoms with van der Waals surface area (Å²) in [4.78, 5) is 6.60. The fourth-order valence-corrected chi connectivity index (χ4v) is 2.94. The Morgan fingerprint density at radius 3 is 2.41 bits per heavy atom. The Labute approximate surface area is 158 Å². The number of halogens is 3. The molecule has 5 nitrogen and oxygen atoms in total. The minimum absolute atomic E-state index is 0.137. The molecule has 0 saturated carbocycles. The van der Waals surface area contributed by atoms with Crippen molar-refractivity contribution in [2.45, 2.75) is 32.5 Å². The van der Waals surface area contributed by atoms with Crippen molar-refractivity contribution in [2.75, 3.05) is 39.4 Å². The van der Waals surface area contributed by atoms with Crippen LogP contribution in [-0.4, -0.2) is 50.3 Å². The van der Waals surface area contributed by atoms with Crippen LogP contribution in [0.1, 0.15) is 37.4 Å². The molecule has 0 aromatic heterocycles. The predicted octanol–water partition coefficient (Wildman–Crippen LogP) is 3.03. The number of hydrogen-bond acceptors (Lipinski definition) is 3. The summed E-state index contributed by atoms with van der Waals surface area (Å²) in [6.45, 7) is 8.01. The molecule has 0 radical (unpaired) electrons. The Bertz CT molecular complexity index is 596. The zero-order chi connectivity index (χ0) is 19.9. The number of benzene rings is 1. The molecule has 2 rings (SSSR count). The standard InChI is InChI=1S/C19H29F3N4O/c1-14(2)7-8-24-18(23)25-13-17(26-9-11-27-12-10-26)15-3-5-16(6-4-15)19(20,21)22/h3-6,14,17H,7-13H2,1-2H3,(H3,23,24,25). The summed E-state index contributed by atoms with van der Waals surface area (Å²) >= 11 is 0. The number of morpholine rings is 1. The van der Waals surface area contributed by atoms with Gasteiger partial charge in [0.1, 0.15) is 0 Å². The van der Waals surface area contributed by atoms with E-state index >= 15 is 0 Å². The van der Waals surface area contributed by atoms with E-state index in [0.29, 0.717) is 44.7 Å². The molecule has 1 aromatic carbocycles. The first-order valence-electron chi connectivity index (χ1n) is 9.30. The van der Waals surface area contributed by atoms with E-state index in [1.54, 1.807) is 0 Å². The largest absolute Gasteiger partial charge is 0.416 e. The summed E-state index contributed by atoms with van der Waals surface area (Å²) in [6.07, 6.45) is -3.35. The first-order valence-corrected chi connectivity index (χ1v) is 9.30. The highest BCUT2D eigenvalue weighted by Crippen LogP contribution is 2.31. The number of alkyl halides is 3. The van der Waals surface area contributed by atoms with Crippen LogP contribution in [-0.2, 0) is 10.9 Å². The van der Waals surface area contributed by atoms with Crippen LogP contribution < -0.4 is 11.1 Å². The quantitative estimate of drug-likeness (QED) is 0.559. The summed E-state index contributed by atoms with van der Waals surface area (Å²) in [6, 6.07) is 5.16. The molecule has 27 heavy (non-hydrogen) atoms. The van der Waals surface area contributed by atoms with Crippen LogP contribution in [0.3, 0.4) is 0 Å². The monoisotopic (exact) mass is 386 g/mol. The van der Waals surface area contributed by atoms with E-state index in [4.69, 9.17) is 10.5 Å². The van der Waals surface area contributed by atoms with Crippen LogP contribution in [0.5, 0.6) is 0 Å². The number of nitrogens with two attached hydrogens (primary N) is 1. The topological polar surface area (TPSA) is 62.9 Å². The Hall–Kier alpha value is -1.80. The minimum Gasteiger partial charge on any atom is -0.379 e. The predicted molar refractivity (Wildman–Crippen MR) is 101 cm³/mol. The highest BCUT2D eigenvalue weighted by Gasteiger charge is 2.31. The summed E-state index contributed by atoms with van der Waals surface area (Å²) < 4.78 is 43.9. The highest BCUT2D eigenvalue weighted by molar-refractivity contribution is 5.77. The third-order valence-electron chi connectivity index (χ3n) is 4.57. The average Bonchev–Trinajstić information content (AvgIpc) is 2.62. The molecule has 3 N–H and O–H groups in total. The number of nitrogens with zero attached hydrogens (tertiary/aromatic N) is 2. The molecule has 0 bridgehead atoms. The van der Waals surface area contributed by atoms with Gasteiger partial charge in [0.25, 0.3) is 0 Å². The molecule has 1 heterocycles. The molecule has 1 atom stereocenters. The molecule has 1 aliphatic rings. The highest BCUT2D eigenvalue weighted by atomic mass is 19.4. The van der Waals surface area contributed by atoms with Crippen molar-refractivity contribution < 1.29 is 17.9 Å². The summed E-state index contributed by atoms with van der Waals surface area (Å²) in [5.74, 6) is 0.930. The normalized spacial score (nSPS) is 17.9. The molecule has 0 aliphatic carbocycles. The lowest BCUT2D eigenvalue weighted by Crippen LogP contribution is -2.41. The lowest BCUT2D eigenvalue weighted by Gasteiger charge is -2.34. The van der Waals surface area contributed by atoms with Gasteiger partial charge in [0, 0.05) is 19.6 Å². The summed E-state index contributed by atoms with van der Waals surface area (Å²) in [5.41, 5.74) is 6.09. The van der Waals surface area contributed by atoms with Gasteiger partial charge in [-0.2, -0.15) is 13.2 Å². The Kier molecular flexibility index (Phi) is 7.91. The maximum absolute atomic E-state index is 12.8. The molecule has 1 saturated heterocycles. The van der Waals surface area contributed by atoms with Gasteiger partial charge in [-0.25, -0.2) is 0 Å². The maximum atomic E-state index is 12.8. The lowest BCUT2D eigenvalue weighted by atomic mass is 10.0. The lowest BCUT2D eigenvalue weighted by molar-refractivity contribution is -0.137. The van der Waals surface area contributed by atoms with Gasteiger partial charge in [-0.05, 0) is 30.0 Å². The van der Waals surface area contributed by atoms with Crippen molar-refractivity contribution in [2.24, 2.45) is 16.6 Å². The van der Waals surface area contributed by atoms with Gasteiger partial charge in [-0.15, -0.1) is 0 Å². The van der Waals surface area contributed by atoms with E-state index in [9.17, 15) is 13.2 Å². The Morgan fingerprint density at radius 2 is 1.85 bits per heavy atom. The third-order valence-corrected chi connectivity index (χ3v) is 4.57. The number of hydrogen-bond donors (Lipinski definition) is 2. The molecule has 0 spiro atoms. The Morgan fingerprint density at radius 1 is 1.22 bits per heavy atom. The van der Waals surface area contributed by atoms with Gasteiger partial charge in [-0.3, -0.25) is 9.89 Å². The van der Waals surface area contributed by atoms with E-state index in [0.717, 1.165) is 30.7 Å². The van der Waals surface area contributed by atoms with Gasteiger partial charge in [-0.1, -0.05) is 26.0 Å². The van der Waals surface area contributed by atoms with Crippen molar-refractivity contribution in [1.29, 1.82) is 0 Å². The second-order valence-electron chi connectivity index (χ2n) is 7.12. The van der Waals surface area contributed by atoms with Crippen molar-refractivity contribution >= 4 is 5.96 Å². The van der Waals surface area contributed by atoms with Gasteiger partial charge in [0.15, 0.2) is 5.96 Å². The van der Waals surface area contributed by atoms with Crippen LogP contribution in [0.15, 0.2) is 29.3 Å². The van der Waals surface area contributed by atoms with Crippen LogP contribution in [0.2, 0.25) is 0 Å². The molecule has 1 fully saturated rings. The summed E-state index contributed by atoms with van der Waals surface area (Å²) in [5, 5.41) is 3.09. The maximum Gasteiger partial charge on any atom is 0.416 e. The van der Waals surface area contributed by atoms with Gasteiger partial charge in [0.05, 0.1) is 31.4 Å². The van der Waals surface area contributed by atoms with E-state index in [1.165, 1.54) is 12.1 Å². The molecule has 1 aliphatic heterocycles. The molecule has 152 valence electrons. The number of aliphatic imine (C=N–C) groups is 1. The number of nitrogens with one attached hydrogen (secondary N) is 1. The molecular weight excluding hydrogens is 357 g/mol. The van der Waals surface area contributed by atoms with Gasteiger partial charge >= 0.3 is 6.18 Å². The van der Waals surface area contributed by atoms with Crippen LogP contribution >= 0.6 is 0 Å². The summed E-state index contributed by atoms with van der Waals surface area (Å²) in [7, 11) is 0. The zero-order valence-electron chi connectivity index (χ0n) is 15.9. The molecule has 0 amide bonds. The SMILES string of the molecule is CC(C)CCNC(N)=NCC(c1ccc(C(F)(F)F)cc1)N1CCOCC1. The van der Waals surface area contributed by atoms with Crippen molar-refractivity contribution in [3.63, 3.8) is 0 Å². The van der Waals surface area contributed by atoms with Gasteiger partial charge < -0.3 is 15.8 Å². The van der Waals surface area contributed by atoms with Crippen LogP contribution in [0.25, 0.3) is 0 Å². The van der Waals surface area contributed by atoms with Crippen molar-refractivity contribution in [3.05, 3.63) is 35.4 Å². The second-order valence-corrected chi connectivity index (χ2v) is 7.12. The van der Waals surface area contributed by atoms with Crippen molar-refractivity contribution in [3.8, 4) is 0 Å². The van der Waals surface area contributed by atoms with Crippen LogP contribution in [0, 0.1) is 5.92 Å². The van der Waals surface area contributed by atoms with E-state index in [1.807, 2.05) is 0 Å². The Balaban J connectivity index is 2.09. The molecule has 1 aromatic rings. The fourth-order valence-electron chi connectivity index (χ4n) is 2.94. The van der Waals surface area contributed by atoms with E-state index < -0.39 is 11.7 Å². The number of ether oxygens (including phenoxy) is 1.